The topological polar surface area (TPSA) is 170 Å². The average molecular weight is 598 g/mol. The Balaban J connectivity index is 1.90. The van der Waals surface area contributed by atoms with Crippen molar-refractivity contribution in [2.75, 3.05) is 0 Å². The second-order valence-corrected chi connectivity index (χ2v) is 9.23. The summed E-state index contributed by atoms with van der Waals surface area (Å²) in [5, 5.41) is 37.9. The van der Waals surface area contributed by atoms with Gasteiger partial charge in [0.15, 0.2) is 0 Å². The Bertz CT molecular complexity index is 1570. The van der Waals surface area contributed by atoms with Crippen molar-refractivity contribution in [2.24, 2.45) is 0 Å². The molecule has 0 fully saturated rings. The van der Waals surface area contributed by atoms with Crippen molar-refractivity contribution in [1.82, 2.24) is 9.55 Å². The van der Waals surface area contributed by atoms with Crippen LogP contribution in [0.15, 0.2) is 42.5 Å². The Hall–Kier alpha value is -3.96. The number of nitrogens with one attached hydrogen (secondary N) is 1. The number of phenolic OH excluding ortho intramolecular Hbond substituents is 2. The van der Waals surface area contributed by atoms with Gasteiger partial charge in [-0.15, -0.1) is 0 Å². The summed E-state index contributed by atoms with van der Waals surface area (Å²) in [6, 6.07) is 7.25. The van der Waals surface area contributed by atoms with Crippen LogP contribution in [0.25, 0.3) is 5.69 Å². The van der Waals surface area contributed by atoms with E-state index in [9.17, 15) is 29.4 Å². The molecule has 0 radical (unpaired) electrons. The van der Waals surface area contributed by atoms with E-state index in [2.05, 4.69) is 4.98 Å². The number of H-pyrrole nitrogens is 1. The van der Waals surface area contributed by atoms with Gasteiger partial charge >= 0.3 is 11.9 Å². The van der Waals surface area contributed by atoms with Crippen molar-refractivity contribution in [3.8, 4) is 17.2 Å². The molecule has 194 valence electrons. The number of aromatic nitrogens is 2. The first-order chi connectivity index (χ1) is 17.8. The molecule has 38 heavy (non-hydrogen) atoms. The summed E-state index contributed by atoms with van der Waals surface area (Å²) in [6.45, 7) is 0. The summed E-state index contributed by atoms with van der Waals surface area (Å²) in [5.41, 5.74) is -2.03. The van der Waals surface area contributed by atoms with E-state index >= 15 is 0 Å². The summed E-state index contributed by atoms with van der Waals surface area (Å²) >= 11 is 25.1. The first-order valence-electron chi connectivity index (χ1n) is 10.2. The van der Waals surface area contributed by atoms with E-state index in [1.807, 2.05) is 0 Å². The van der Waals surface area contributed by atoms with Crippen LogP contribution >= 0.6 is 46.4 Å². The number of aromatic amines is 1. The lowest BCUT2D eigenvalue weighted by Crippen LogP contribution is -2.13. The van der Waals surface area contributed by atoms with Crippen molar-refractivity contribution in [3.63, 3.8) is 0 Å². The quantitative estimate of drug-likeness (QED) is 0.169. The van der Waals surface area contributed by atoms with Crippen LogP contribution in [-0.2, 0) is 0 Å². The molecule has 0 aliphatic rings. The molecule has 0 saturated heterocycles. The maximum absolute atomic E-state index is 13.4. The number of halogens is 4. The predicted octanol–water partition coefficient (Wildman–Crippen LogP) is 5.69. The van der Waals surface area contributed by atoms with Crippen molar-refractivity contribution >= 4 is 69.9 Å². The Morgan fingerprint density at radius 1 is 0.737 bits per heavy atom. The molecule has 0 atom stereocenters. The number of aromatic carboxylic acids is 2. The number of nitrogens with zero attached hydrogens (tertiary/aromatic N) is 1. The van der Waals surface area contributed by atoms with Gasteiger partial charge in [0.2, 0.25) is 11.6 Å². The van der Waals surface area contributed by atoms with Crippen molar-refractivity contribution in [1.29, 1.82) is 0 Å². The zero-order chi connectivity index (χ0) is 28.0. The van der Waals surface area contributed by atoms with Gasteiger partial charge in [0.1, 0.15) is 32.5 Å². The molecule has 4 rings (SSSR count). The molecule has 4 aromatic rings. The highest BCUT2D eigenvalue weighted by Crippen LogP contribution is 2.40. The van der Waals surface area contributed by atoms with Gasteiger partial charge < -0.3 is 25.4 Å². The number of phenols is 2. The zero-order valence-corrected chi connectivity index (χ0v) is 21.4. The average Bonchev–Trinajstić information content (AvgIpc) is 3.32. The molecule has 2 aromatic heterocycles. The normalized spacial score (nSPS) is 10.9. The maximum atomic E-state index is 13.4. The molecule has 2 heterocycles. The number of hydrogen-bond donors (Lipinski definition) is 5. The third-order valence-corrected chi connectivity index (χ3v) is 6.94. The molecule has 2 aromatic carbocycles. The van der Waals surface area contributed by atoms with Crippen molar-refractivity contribution < 1.29 is 39.6 Å². The van der Waals surface area contributed by atoms with Crippen LogP contribution in [0.4, 0.5) is 0 Å². The lowest BCUT2D eigenvalue weighted by molar-refractivity contribution is 0.0685. The van der Waals surface area contributed by atoms with Crippen LogP contribution in [-0.4, -0.2) is 53.5 Å². The molecule has 0 aliphatic carbocycles. The van der Waals surface area contributed by atoms with E-state index in [-0.39, 0.29) is 59.7 Å². The fraction of sp³-hybridized carbons (Fsp3) is 0. The van der Waals surface area contributed by atoms with Gasteiger partial charge in [0.25, 0.3) is 0 Å². The summed E-state index contributed by atoms with van der Waals surface area (Å²) < 4.78 is 0.997. The van der Waals surface area contributed by atoms with Crippen LogP contribution in [0.3, 0.4) is 0 Å². The van der Waals surface area contributed by atoms with Gasteiger partial charge in [0, 0.05) is 0 Å². The number of hydrogen-bond acceptors (Lipinski definition) is 6. The van der Waals surface area contributed by atoms with Crippen molar-refractivity contribution in [3.05, 3.63) is 96.5 Å². The minimum absolute atomic E-state index is 0.142. The van der Waals surface area contributed by atoms with Gasteiger partial charge in [-0.1, -0.05) is 46.4 Å². The van der Waals surface area contributed by atoms with E-state index in [0.717, 1.165) is 47.0 Å². The molecule has 14 heteroatoms. The van der Waals surface area contributed by atoms with Gasteiger partial charge in [-0.3, -0.25) is 14.2 Å². The molecule has 0 bridgehead atoms. The van der Waals surface area contributed by atoms with E-state index in [0.29, 0.717) is 0 Å². The van der Waals surface area contributed by atoms with Crippen LogP contribution in [0.1, 0.15) is 52.8 Å². The number of rotatable bonds is 7. The second-order valence-electron chi connectivity index (χ2n) is 7.71. The summed E-state index contributed by atoms with van der Waals surface area (Å²) in [5.74, 6) is -5.72. The highest BCUT2D eigenvalue weighted by Gasteiger charge is 2.31. The van der Waals surface area contributed by atoms with Gasteiger partial charge in [0.05, 0.1) is 38.7 Å². The fourth-order valence-electron chi connectivity index (χ4n) is 3.64. The predicted molar refractivity (Wildman–Crippen MR) is 137 cm³/mol. The summed E-state index contributed by atoms with van der Waals surface area (Å²) in [7, 11) is 0. The highest BCUT2D eigenvalue weighted by molar-refractivity contribution is 6.45. The molecule has 10 nitrogen and oxygen atoms in total. The number of ketones is 2. The smallest absolute Gasteiger partial charge is 0.335 e. The molecule has 0 spiro atoms. The molecule has 0 saturated carbocycles. The van der Waals surface area contributed by atoms with Gasteiger partial charge in [-0.25, -0.2) is 9.59 Å². The first kappa shape index (κ1) is 27.1. The number of carbonyl (C=O) groups is 4. The first-order valence-corrected chi connectivity index (χ1v) is 11.7. The highest BCUT2D eigenvalue weighted by atomic mass is 35.5. The fourth-order valence-corrected chi connectivity index (χ4v) is 4.47. The third-order valence-electron chi connectivity index (χ3n) is 5.43. The van der Waals surface area contributed by atoms with Crippen LogP contribution in [0.5, 0.6) is 11.5 Å². The van der Waals surface area contributed by atoms with Gasteiger partial charge in [-0.2, -0.15) is 0 Å². The Morgan fingerprint density at radius 2 is 1.24 bits per heavy atom. The van der Waals surface area contributed by atoms with Crippen molar-refractivity contribution in [2.45, 2.75) is 0 Å². The van der Waals surface area contributed by atoms with E-state index in [1.54, 1.807) is 0 Å². The lowest BCUT2D eigenvalue weighted by atomic mass is 10.0. The summed E-state index contributed by atoms with van der Waals surface area (Å²) in [6.07, 6.45) is 0. The number of benzene rings is 2. The minimum Gasteiger partial charge on any atom is -0.507 e. The number of aromatic hydroxyl groups is 2. The standard InChI is InChI=1S/C24H12Cl4N2O8/c25-12-7-13(19(33)10-3-1-8(23(35)36)5-14(10)31)30(22(12)28)18-16(26)21(27)29-17(18)20(34)11-4-2-9(24(37)38)6-15(11)32/h1-7,29,31-32H,(H,35,36)(H,37,38). The molecular weight excluding hydrogens is 586 g/mol. The molecule has 5 N–H and O–H groups in total. The SMILES string of the molecule is O=C(O)c1ccc(C(=O)c2[nH]c(Cl)c(Cl)c2-n2c(C(=O)c3ccc(C(=O)O)cc3O)cc(Cl)c2Cl)c(O)c1. The summed E-state index contributed by atoms with van der Waals surface area (Å²) in [4.78, 5) is 51.7. The molecule has 0 unspecified atom stereocenters. The van der Waals surface area contributed by atoms with Crippen LogP contribution in [0.2, 0.25) is 20.4 Å². The Kier molecular flexibility index (Phi) is 7.18. The molecule has 0 aliphatic heterocycles. The number of carboxylic acid groups (broad SMARTS) is 2. The number of carboxylic acids is 2. The van der Waals surface area contributed by atoms with Gasteiger partial charge in [-0.05, 0) is 42.5 Å². The Labute approximate surface area is 232 Å². The third kappa shape index (κ3) is 4.59. The van der Waals surface area contributed by atoms with E-state index < -0.39 is 35.0 Å². The van der Waals surface area contributed by atoms with E-state index in [4.69, 9.17) is 56.6 Å². The monoisotopic (exact) mass is 596 g/mol. The molecule has 0 amide bonds. The molecular formula is C24H12Cl4N2O8. The number of carbonyl (C=O) groups excluding carboxylic acids is 2. The second kappa shape index (κ2) is 10.1. The van der Waals surface area contributed by atoms with E-state index in [1.165, 1.54) is 0 Å². The van der Waals surface area contributed by atoms with Crippen LogP contribution < -0.4 is 0 Å². The largest absolute Gasteiger partial charge is 0.507 e. The lowest BCUT2D eigenvalue weighted by Gasteiger charge is -2.13. The maximum Gasteiger partial charge on any atom is 0.335 e. The minimum atomic E-state index is -1.33. The zero-order valence-electron chi connectivity index (χ0n) is 18.4. The van der Waals surface area contributed by atoms with Crippen LogP contribution in [0, 0.1) is 0 Å². The Morgan fingerprint density at radius 3 is 1.71 bits per heavy atom.